The molecule has 0 radical (unpaired) electrons. The minimum absolute atomic E-state index is 0.340. The number of hydrogen-bond acceptors (Lipinski definition) is 1. The second-order valence-electron chi connectivity index (χ2n) is 4.31. The summed E-state index contributed by atoms with van der Waals surface area (Å²) in [7, 11) is 0. The fourth-order valence-electron chi connectivity index (χ4n) is 1.96. The van der Waals surface area contributed by atoms with E-state index >= 15 is 0 Å². The molecule has 0 saturated heterocycles. The highest BCUT2D eigenvalue weighted by molar-refractivity contribution is 5.19. The van der Waals surface area contributed by atoms with Crippen LogP contribution in [0.2, 0.25) is 0 Å². The third kappa shape index (κ3) is 1.75. The van der Waals surface area contributed by atoms with Crippen LogP contribution in [0.4, 0.5) is 0 Å². The summed E-state index contributed by atoms with van der Waals surface area (Å²) in [5.41, 5.74) is 7.84. The highest BCUT2D eigenvalue weighted by Gasteiger charge is 2.45. The van der Waals surface area contributed by atoms with Crippen LogP contribution in [0.1, 0.15) is 25.3 Å². The van der Waals surface area contributed by atoms with Crippen LogP contribution in [0.25, 0.3) is 0 Å². The van der Waals surface area contributed by atoms with E-state index in [0.717, 1.165) is 6.42 Å². The molecule has 0 bridgehead atoms. The molecule has 1 saturated carbocycles. The van der Waals surface area contributed by atoms with Crippen molar-refractivity contribution in [1.29, 1.82) is 0 Å². The molecule has 2 rings (SSSR count). The molecule has 0 aliphatic heterocycles. The van der Waals surface area contributed by atoms with Gasteiger partial charge in [0.25, 0.3) is 0 Å². The average molecular weight is 175 g/mol. The van der Waals surface area contributed by atoms with Gasteiger partial charge in [-0.25, -0.2) is 0 Å². The second-order valence-corrected chi connectivity index (χ2v) is 4.31. The lowest BCUT2D eigenvalue weighted by atomic mass is 9.90. The molecule has 0 aromatic heterocycles. The first-order chi connectivity index (χ1) is 6.23. The van der Waals surface area contributed by atoms with Crippen LogP contribution in [0.3, 0.4) is 0 Å². The average Bonchev–Trinajstić information content (AvgIpc) is 2.87. The van der Waals surface area contributed by atoms with Gasteiger partial charge in [-0.3, -0.25) is 0 Å². The SMILES string of the molecule is CC(N)C1(Cc2ccccc2)CC1. The van der Waals surface area contributed by atoms with Crippen molar-refractivity contribution >= 4 is 0 Å². The Labute approximate surface area is 80.0 Å². The molecule has 1 unspecified atom stereocenters. The number of nitrogens with two attached hydrogens (primary N) is 1. The van der Waals surface area contributed by atoms with Gasteiger partial charge in [-0.15, -0.1) is 0 Å². The lowest BCUT2D eigenvalue weighted by Gasteiger charge is -2.19. The topological polar surface area (TPSA) is 26.0 Å². The van der Waals surface area contributed by atoms with Crippen LogP contribution in [0.5, 0.6) is 0 Å². The third-order valence-corrected chi connectivity index (χ3v) is 3.26. The van der Waals surface area contributed by atoms with Crippen LogP contribution in [-0.2, 0) is 6.42 Å². The van der Waals surface area contributed by atoms with E-state index in [0.29, 0.717) is 11.5 Å². The minimum atomic E-state index is 0.340. The fourth-order valence-corrected chi connectivity index (χ4v) is 1.96. The molecule has 2 N–H and O–H groups in total. The van der Waals surface area contributed by atoms with Crippen molar-refractivity contribution in [2.75, 3.05) is 0 Å². The Morgan fingerprint density at radius 2 is 1.92 bits per heavy atom. The van der Waals surface area contributed by atoms with Gasteiger partial charge in [0, 0.05) is 6.04 Å². The van der Waals surface area contributed by atoms with E-state index in [1.54, 1.807) is 0 Å². The zero-order chi connectivity index (χ0) is 9.31. The van der Waals surface area contributed by atoms with E-state index in [-0.39, 0.29) is 0 Å². The van der Waals surface area contributed by atoms with E-state index in [1.807, 2.05) is 0 Å². The molecule has 0 spiro atoms. The summed E-state index contributed by atoms with van der Waals surface area (Å²) >= 11 is 0. The molecule has 1 nitrogen and oxygen atoms in total. The Morgan fingerprint density at radius 1 is 1.31 bits per heavy atom. The molecule has 1 atom stereocenters. The summed E-state index contributed by atoms with van der Waals surface area (Å²) in [6.45, 7) is 2.13. The summed E-state index contributed by atoms with van der Waals surface area (Å²) in [6, 6.07) is 11.0. The van der Waals surface area contributed by atoms with Gasteiger partial charge < -0.3 is 5.73 Å². The molecular weight excluding hydrogens is 158 g/mol. The molecule has 0 heterocycles. The molecule has 1 heteroatoms. The van der Waals surface area contributed by atoms with Gasteiger partial charge in [0.1, 0.15) is 0 Å². The largest absolute Gasteiger partial charge is 0.327 e. The summed E-state index contributed by atoms with van der Waals surface area (Å²) in [5, 5.41) is 0. The summed E-state index contributed by atoms with van der Waals surface area (Å²) in [4.78, 5) is 0. The first kappa shape index (κ1) is 8.76. The van der Waals surface area contributed by atoms with Gasteiger partial charge in [0.05, 0.1) is 0 Å². The maximum atomic E-state index is 5.98. The van der Waals surface area contributed by atoms with E-state index in [9.17, 15) is 0 Å². The molecule has 1 aromatic rings. The molecule has 1 aliphatic rings. The molecule has 1 aromatic carbocycles. The van der Waals surface area contributed by atoms with Gasteiger partial charge >= 0.3 is 0 Å². The van der Waals surface area contributed by atoms with Gasteiger partial charge in [-0.2, -0.15) is 0 Å². The van der Waals surface area contributed by atoms with Gasteiger partial charge in [-0.1, -0.05) is 30.3 Å². The van der Waals surface area contributed by atoms with Crippen LogP contribution >= 0.6 is 0 Å². The second kappa shape index (κ2) is 3.15. The first-order valence-electron chi connectivity index (χ1n) is 5.02. The lowest BCUT2D eigenvalue weighted by molar-refractivity contribution is 0.418. The molecular formula is C12H17N. The Balaban J connectivity index is 2.07. The normalized spacial score (nSPS) is 21.1. The quantitative estimate of drug-likeness (QED) is 0.749. The molecule has 1 fully saturated rings. The van der Waals surface area contributed by atoms with Crippen molar-refractivity contribution in [3.63, 3.8) is 0 Å². The lowest BCUT2D eigenvalue weighted by Crippen LogP contribution is -2.29. The number of hydrogen-bond donors (Lipinski definition) is 1. The summed E-state index contributed by atoms with van der Waals surface area (Å²) in [5.74, 6) is 0. The van der Waals surface area contributed by atoms with Gasteiger partial charge in [0.2, 0.25) is 0 Å². The maximum absolute atomic E-state index is 5.98. The standard InChI is InChI=1S/C12H17N/c1-10(13)12(7-8-12)9-11-5-3-2-4-6-11/h2-6,10H,7-9,13H2,1H3. The summed E-state index contributed by atoms with van der Waals surface area (Å²) in [6.07, 6.45) is 3.77. The maximum Gasteiger partial charge on any atom is 0.00702 e. The van der Waals surface area contributed by atoms with Crippen molar-refractivity contribution in [2.45, 2.75) is 32.2 Å². The summed E-state index contributed by atoms with van der Waals surface area (Å²) < 4.78 is 0. The molecule has 0 amide bonds. The van der Waals surface area contributed by atoms with Crippen molar-refractivity contribution in [3.8, 4) is 0 Å². The van der Waals surface area contributed by atoms with Crippen molar-refractivity contribution in [2.24, 2.45) is 11.1 Å². The number of benzene rings is 1. The van der Waals surface area contributed by atoms with Crippen LogP contribution in [0.15, 0.2) is 30.3 Å². The third-order valence-electron chi connectivity index (χ3n) is 3.26. The minimum Gasteiger partial charge on any atom is -0.327 e. The van der Waals surface area contributed by atoms with Crippen molar-refractivity contribution in [3.05, 3.63) is 35.9 Å². The molecule has 1 aliphatic carbocycles. The van der Waals surface area contributed by atoms with Gasteiger partial charge in [-0.05, 0) is 37.2 Å². The smallest absolute Gasteiger partial charge is 0.00702 e. The Kier molecular flexibility index (Phi) is 2.12. The zero-order valence-electron chi connectivity index (χ0n) is 8.16. The molecule has 70 valence electrons. The predicted octanol–water partition coefficient (Wildman–Crippen LogP) is 2.36. The zero-order valence-corrected chi connectivity index (χ0v) is 8.16. The van der Waals surface area contributed by atoms with Crippen LogP contribution in [0, 0.1) is 5.41 Å². The van der Waals surface area contributed by atoms with Crippen LogP contribution < -0.4 is 5.73 Å². The monoisotopic (exact) mass is 175 g/mol. The van der Waals surface area contributed by atoms with Crippen molar-refractivity contribution in [1.82, 2.24) is 0 Å². The Morgan fingerprint density at radius 3 is 2.38 bits per heavy atom. The Hall–Kier alpha value is -0.820. The van der Waals surface area contributed by atoms with Crippen LogP contribution in [-0.4, -0.2) is 6.04 Å². The van der Waals surface area contributed by atoms with E-state index in [4.69, 9.17) is 5.73 Å². The predicted molar refractivity (Wildman–Crippen MR) is 55.5 cm³/mol. The number of rotatable bonds is 3. The van der Waals surface area contributed by atoms with E-state index in [1.165, 1.54) is 18.4 Å². The fraction of sp³-hybridized carbons (Fsp3) is 0.500. The highest BCUT2D eigenvalue weighted by Crippen LogP contribution is 2.50. The van der Waals surface area contributed by atoms with Crippen molar-refractivity contribution < 1.29 is 0 Å². The Bertz CT molecular complexity index is 272. The first-order valence-corrected chi connectivity index (χ1v) is 5.02. The van der Waals surface area contributed by atoms with E-state index < -0.39 is 0 Å². The highest BCUT2D eigenvalue weighted by atomic mass is 14.7. The molecule has 13 heavy (non-hydrogen) atoms. The van der Waals surface area contributed by atoms with Gasteiger partial charge in [0.15, 0.2) is 0 Å². The van der Waals surface area contributed by atoms with E-state index in [2.05, 4.69) is 37.3 Å².